The van der Waals surface area contributed by atoms with E-state index in [9.17, 15) is 9.59 Å². The fraction of sp³-hybridized carbons (Fsp3) is 0.296. The summed E-state index contributed by atoms with van der Waals surface area (Å²) < 4.78 is 12.1. The molecule has 0 aliphatic carbocycles. The van der Waals surface area contributed by atoms with Gasteiger partial charge in [-0.3, -0.25) is 14.5 Å². The number of hydrogen-bond donors (Lipinski definition) is 0. The van der Waals surface area contributed by atoms with Gasteiger partial charge >= 0.3 is 0 Å². The van der Waals surface area contributed by atoms with Gasteiger partial charge in [-0.25, -0.2) is 4.98 Å². The maximum absolute atomic E-state index is 13.8. The Morgan fingerprint density at radius 1 is 1.12 bits per heavy atom. The zero-order chi connectivity index (χ0) is 23.8. The van der Waals surface area contributed by atoms with E-state index < -0.39 is 6.04 Å². The Morgan fingerprint density at radius 2 is 1.94 bits per heavy atom. The lowest BCUT2D eigenvalue weighted by atomic mass is 9.97. The van der Waals surface area contributed by atoms with E-state index in [0.717, 1.165) is 36.0 Å². The third-order valence-electron chi connectivity index (χ3n) is 6.30. The molecule has 7 heteroatoms. The molecule has 4 aromatic rings. The van der Waals surface area contributed by atoms with Gasteiger partial charge in [0, 0.05) is 11.6 Å². The quantitative estimate of drug-likeness (QED) is 0.299. The van der Waals surface area contributed by atoms with Crippen LogP contribution in [0.5, 0.6) is 5.75 Å². The van der Waals surface area contributed by atoms with Crippen molar-refractivity contribution in [1.82, 2.24) is 4.98 Å². The number of benzene rings is 2. The first-order chi connectivity index (χ1) is 16.5. The van der Waals surface area contributed by atoms with Gasteiger partial charge in [0.1, 0.15) is 11.3 Å². The predicted molar refractivity (Wildman–Crippen MR) is 134 cm³/mol. The predicted octanol–water partition coefficient (Wildman–Crippen LogP) is 6.19. The van der Waals surface area contributed by atoms with Crippen molar-refractivity contribution in [2.75, 3.05) is 11.5 Å². The van der Waals surface area contributed by atoms with Crippen LogP contribution in [0.15, 0.2) is 57.2 Å². The van der Waals surface area contributed by atoms with E-state index in [2.05, 4.69) is 11.9 Å². The lowest BCUT2D eigenvalue weighted by Gasteiger charge is -2.23. The van der Waals surface area contributed by atoms with E-state index in [4.69, 9.17) is 9.15 Å². The van der Waals surface area contributed by atoms with Gasteiger partial charge in [-0.15, -0.1) is 11.3 Å². The number of fused-ring (bicyclic) bond motifs is 2. The number of thiazole rings is 1. The van der Waals surface area contributed by atoms with Crippen LogP contribution >= 0.6 is 11.3 Å². The van der Waals surface area contributed by atoms with Crippen LogP contribution in [0.2, 0.25) is 0 Å². The number of carbonyl (C=O) groups excluding carboxylic acids is 1. The highest BCUT2D eigenvalue weighted by Gasteiger charge is 2.44. The first-order valence-electron chi connectivity index (χ1n) is 11.5. The standard InChI is InChI=1S/C27H26N2O4S/c1-4-5-6-11-32-19-9-7-8-18(15-19)23-22-24(30)20-13-16(2)17(3)14-21(20)33-25(22)26(31)29(23)27-28-10-12-34-27/h7-10,12-15,23H,4-6,11H2,1-3H3. The summed E-state index contributed by atoms with van der Waals surface area (Å²) in [5.41, 5.74) is 3.37. The molecule has 3 heterocycles. The maximum atomic E-state index is 13.8. The van der Waals surface area contributed by atoms with Crippen molar-refractivity contribution >= 4 is 33.3 Å². The van der Waals surface area contributed by atoms with E-state index >= 15 is 0 Å². The van der Waals surface area contributed by atoms with Crippen molar-refractivity contribution in [2.45, 2.75) is 46.1 Å². The zero-order valence-electron chi connectivity index (χ0n) is 19.5. The molecule has 34 heavy (non-hydrogen) atoms. The van der Waals surface area contributed by atoms with Gasteiger partial charge in [-0.1, -0.05) is 31.9 Å². The van der Waals surface area contributed by atoms with Crippen LogP contribution in [0.4, 0.5) is 5.13 Å². The average Bonchev–Trinajstić information content (AvgIpc) is 3.45. The summed E-state index contributed by atoms with van der Waals surface area (Å²) >= 11 is 1.35. The molecule has 1 unspecified atom stereocenters. The van der Waals surface area contributed by atoms with E-state index in [-0.39, 0.29) is 17.1 Å². The van der Waals surface area contributed by atoms with Crippen LogP contribution in [0, 0.1) is 13.8 Å². The Labute approximate surface area is 201 Å². The Hall–Kier alpha value is -3.45. The molecule has 1 amide bonds. The summed E-state index contributed by atoms with van der Waals surface area (Å²) in [7, 11) is 0. The van der Waals surface area contributed by atoms with Crippen LogP contribution in [0.3, 0.4) is 0 Å². The molecular formula is C27H26N2O4S. The summed E-state index contributed by atoms with van der Waals surface area (Å²) in [6, 6.07) is 10.6. The third-order valence-corrected chi connectivity index (χ3v) is 7.07. The summed E-state index contributed by atoms with van der Waals surface area (Å²) in [5, 5.41) is 2.81. The largest absolute Gasteiger partial charge is 0.494 e. The zero-order valence-corrected chi connectivity index (χ0v) is 20.3. The van der Waals surface area contributed by atoms with E-state index in [1.807, 2.05) is 55.6 Å². The molecule has 0 N–H and O–H groups in total. The van der Waals surface area contributed by atoms with Crippen molar-refractivity contribution in [3.05, 3.63) is 86.2 Å². The molecule has 0 fully saturated rings. The van der Waals surface area contributed by atoms with Crippen molar-refractivity contribution in [1.29, 1.82) is 0 Å². The van der Waals surface area contributed by atoms with Crippen molar-refractivity contribution in [2.24, 2.45) is 0 Å². The maximum Gasteiger partial charge on any atom is 0.297 e. The fourth-order valence-electron chi connectivity index (χ4n) is 4.39. The molecule has 2 aromatic heterocycles. The molecule has 1 aliphatic rings. The minimum absolute atomic E-state index is 0.0789. The molecule has 0 radical (unpaired) electrons. The number of carbonyl (C=O) groups is 1. The molecular weight excluding hydrogens is 448 g/mol. The van der Waals surface area contributed by atoms with E-state index in [1.165, 1.54) is 11.3 Å². The normalized spacial score (nSPS) is 15.2. The van der Waals surface area contributed by atoms with Crippen LogP contribution < -0.4 is 15.1 Å². The molecule has 1 atom stereocenters. The number of anilines is 1. The van der Waals surface area contributed by atoms with Crippen LogP contribution in [-0.4, -0.2) is 17.5 Å². The van der Waals surface area contributed by atoms with Crippen LogP contribution in [-0.2, 0) is 0 Å². The number of aromatic nitrogens is 1. The molecule has 0 bridgehead atoms. The van der Waals surface area contributed by atoms with Gasteiger partial charge in [-0.05, 0) is 61.2 Å². The summed E-state index contributed by atoms with van der Waals surface area (Å²) in [6.45, 7) is 6.70. The highest BCUT2D eigenvalue weighted by Crippen LogP contribution is 2.42. The molecule has 1 aliphatic heterocycles. The van der Waals surface area contributed by atoms with E-state index in [1.54, 1.807) is 11.1 Å². The molecule has 0 saturated carbocycles. The second kappa shape index (κ2) is 9.06. The minimum atomic E-state index is -0.643. The average molecular weight is 475 g/mol. The highest BCUT2D eigenvalue weighted by atomic mass is 32.1. The van der Waals surface area contributed by atoms with Crippen molar-refractivity contribution in [3.63, 3.8) is 0 Å². The van der Waals surface area contributed by atoms with Gasteiger partial charge in [0.05, 0.1) is 23.6 Å². The smallest absolute Gasteiger partial charge is 0.297 e. The van der Waals surface area contributed by atoms with Crippen molar-refractivity contribution in [3.8, 4) is 5.75 Å². The topological polar surface area (TPSA) is 72.6 Å². The summed E-state index contributed by atoms with van der Waals surface area (Å²) in [6.07, 6.45) is 4.86. The van der Waals surface area contributed by atoms with Gasteiger partial charge in [0.25, 0.3) is 5.91 Å². The third kappa shape index (κ3) is 3.80. The van der Waals surface area contributed by atoms with Gasteiger partial charge in [0.15, 0.2) is 10.6 Å². The summed E-state index contributed by atoms with van der Waals surface area (Å²) in [4.78, 5) is 33.3. The monoisotopic (exact) mass is 474 g/mol. The van der Waals surface area contributed by atoms with Crippen LogP contribution in [0.1, 0.15) is 65.0 Å². The summed E-state index contributed by atoms with van der Waals surface area (Å²) in [5.74, 6) is 0.432. The number of nitrogens with zero attached hydrogens (tertiary/aromatic N) is 2. The number of ether oxygens (including phenoxy) is 1. The van der Waals surface area contributed by atoms with Gasteiger partial charge < -0.3 is 9.15 Å². The lowest BCUT2D eigenvalue weighted by molar-refractivity contribution is 0.0971. The Balaban J connectivity index is 1.67. The van der Waals surface area contributed by atoms with Crippen LogP contribution in [0.25, 0.3) is 11.0 Å². The SMILES string of the molecule is CCCCCOc1cccc(C2c3c(oc4cc(C)c(C)cc4c3=O)C(=O)N2c2nccs2)c1. The molecule has 5 rings (SSSR count). The number of amides is 1. The Morgan fingerprint density at radius 3 is 2.71 bits per heavy atom. The Kier molecular flexibility index (Phi) is 5.96. The molecule has 0 saturated heterocycles. The first-order valence-corrected chi connectivity index (χ1v) is 12.4. The Bertz CT molecular complexity index is 1420. The minimum Gasteiger partial charge on any atom is -0.494 e. The molecule has 6 nitrogen and oxygen atoms in total. The van der Waals surface area contributed by atoms with E-state index in [0.29, 0.717) is 34.0 Å². The first kappa shape index (κ1) is 22.3. The molecule has 2 aromatic carbocycles. The number of unbranched alkanes of at least 4 members (excludes halogenated alkanes) is 2. The van der Waals surface area contributed by atoms with Gasteiger partial charge in [-0.2, -0.15) is 0 Å². The second-order valence-electron chi connectivity index (χ2n) is 8.63. The number of rotatable bonds is 7. The lowest BCUT2D eigenvalue weighted by Crippen LogP contribution is -2.29. The second-order valence-corrected chi connectivity index (χ2v) is 9.50. The van der Waals surface area contributed by atoms with Crippen molar-refractivity contribution < 1.29 is 13.9 Å². The molecule has 0 spiro atoms. The number of aryl methyl sites for hydroxylation is 2. The molecule has 174 valence electrons. The fourth-order valence-corrected chi connectivity index (χ4v) is 5.06. The highest BCUT2D eigenvalue weighted by molar-refractivity contribution is 7.13. The number of hydrogen-bond acceptors (Lipinski definition) is 6. The van der Waals surface area contributed by atoms with Gasteiger partial charge in [0.2, 0.25) is 5.76 Å².